The van der Waals surface area contributed by atoms with Gasteiger partial charge < -0.3 is 36.7 Å². The molecule has 1 saturated heterocycles. The maximum Gasteiger partial charge on any atom is 0.280 e. The van der Waals surface area contributed by atoms with Crippen LogP contribution < -0.4 is 11.3 Å². The van der Waals surface area contributed by atoms with E-state index in [0.29, 0.717) is 0 Å². The van der Waals surface area contributed by atoms with Crippen LogP contribution in [-0.4, -0.2) is 70.7 Å². The average molecular weight is 319 g/mol. The van der Waals surface area contributed by atoms with Crippen molar-refractivity contribution in [3.8, 4) is 0 Å². The van der Waals surface area contributed by atoms with Crippen molar-refractivity contribution < 1.29 is 31.0 Å². The van der Waals surface area contributed by atoms with Gasteiger partial charge in [0, 0.05) is 0 Å². The van der Waals surface area contributed by atoms with Crippen molar-refractivity contribution in [3.05, 3.63) is 16.7 Å². The highest BCUT2D eigenvalue weighted by atomic mass is 16.6. The summed E-state index contributed by atoms with van der Waals surface area (Å²) in [5, 5.41) is 28.7. The van der Waals surface area contributed by atoms with E-state index in [4.69, 9.17) is 15.6 Å². The molecule has 0 amide bonds. The number of hydrogen-bond acceptors (Lipinski definition) is 8. The highest BCUT2D eigenvalue weighted by Gasteiger charge is 2.44. The number of aromatic nitrogens is 4. The molecule has 0 saturated carbocycles. The molecule has 0 radical (unpaired) electrons. The van der Waals surface area contributed by atoms with Crippen LogP contribution >= 0.6 is 0 Å². The molecule has 2 aromatic rings. The highest BCUT2D eigenvalue weighted by Crippen LogP contribution is 2.30. The zero-order valence-corrected chi connectivity index (χ0v) is 11.2. The second-order valence-electron chi connectivity index (χ2n) is 4.50. The molecule has 0 aromatic carbocycles. The van der Waals surface area contributed by atoms with Crippen LogP contribution in [0.2, 0.25) is 0 Å². The molecular weight excluding hydrogens is 302 g/mol. The first-order valence-corrected chi connectivity index (χ1v) is 5.87. The minimum atomic E-state index is -1.29. The summed E-state index contributed by atoms with van der Waals surface area (Å²) in [6.07, 6.45) is -3.21. The Morgan fingerprint density at radius 3 is 2.64 bits per heavy atom. The maximum atomic E-state index is 11.7. The summed E-state index contributed by atoms with van der Waals surface area (Å²) in [7, 11) is 0. The first-order valence-electron chi connectivity index (χ1n) is 5.87. The van der Waals surface area contributed by atoms with Gasteiger partial charge in [0.25, 0.3) is 5.56 Å². The number of H-pyrrole nitrogens is 1. The lowest BCUT2D eigenvalue weighted by atomic mass is 10.1. The Bertz CT molecular complexity index is 701. The topological polar surface area (TPSA) is 223 Å². The van der Waals surface area contributed by atoms with Gasteiger partial charge in [0.1, 0.15) is 18.3 Å². The Kier molecular flexibility index (Phi) is 5.18. The van der Waals surface area contributed by atoms with Gasteiger partial charge in [-0.25, -0.2) is 4.98 Å². The third kappa shape index (κ3) is 2.54. The second-order valence-corrected chi connectivity index (χ2v) is 4.50. The SMILES string of the molecule is Nc1nc2c(ncn2C2OC(CO)C(O)C2O)c(=O)[nH]1.O.O. The van der Waals surface area contributed by atoms with Gasteiger partial charge in [0.05, 0.1) is 12.9 Å². The molecule has 0 bridgehead atoms. The standard InChI is InChI=1S/C10H13N5O5.2H2O/c11-10-13-7-4(8(19)14-10)12-2-15(7)9-6(18)5(17)3(1-16)20-9;;/h2-3,5-6,9,16-18H,1H2,(H3,11,13,14,19);2*1H2. The molecule has 0 aliphatic carbocycles. The summed E-state index contributed by atoms with van der Waals surface area (Å²) in [6.45, 7) is -0.447. The summed E-state index contributed by atoms with van der Waals surface area (Å²) in [6, 6.07) is 0. The lowest BCUT2D eigenvalue weighted by Crippen LogP contribution is -2.33. The number of nitrogens with two attached hydrogens (primary N) is 1. The zero-order valence-electron chi connectivity index (χ0n) is 11.2. The van der Waals surface area contributed by atoms with Crippen molar-refractivity contribution in [2.24, 2.45) is 0 Å². The van der Waals surface area contributed by atoms with Crippen LogP contribution in [0.25, 0.3) is 11.2 Å². The van der Waals surface area contributed by atoms with Crippen LogP contribution in [-0.2, 0) is 4.74 Å². The highest BCUT2D eigenvalue weighted by molar-refractivity contribution is 5.70. The molecular formula is C10H17N5O7. The van der Waals surface area contributed by atoms with Crippen LogP contribution in [0.15, 0.2) is 11.1 Å². The third-order valence-corrected chi connectivity index (χ3v) is 3.24. The Hall–Kier alpha value is -2.09. The number of aliphatic hydroxyl groups is 3. The largest absolute Gasteiger partial charge is 0.412 e. The fourth-order valence-electron chi connectivity index (χ4n) is 2.24. The summed E-state index contributed by atoms with van der Waals surface area (Å²) < 4.78 is 6.64. The average Bonchev–Trinajstić information content (AvgIpc) is 2.93. The summed E-state index contributed by atoms with van der Waals surface area (Å²) in [5.41, 5.74) is 5.12. The number of hydrogen-bond donors (Lipinski definition) is 5. The van der Waals surface area contributed by atoms with Gasteiger partial charge >= 0.3 is 0 Å². The molecule has 1 aliphatic heterocycles. The van der Waals surface area contributed by atoms with Crippen LogP contribution in [0.3, 0.4) is 0 Å². The van der Waals surface area contributed by atoms with E-state index in [1.165, 1.54) is 10.9 Å². The van der Waals surface area contributed by atoms with Crippen molar-refractivity contribution >= 4 is 17.1 Å². The molecule has 3 rings (SSSR count). The number of rotatable bonds is 2. The Morgan fingerprint density at radius 2 is 2.05 bits per heavy atom. The van der Waals surface area contributed by atoms with Gasteiger partial charge in [0.15, 0.2) is 17.4 Å². The van der Waals surface area contributed by atoms with E-state index >= 15 is 0 Å². The number of anilines is 1. The van der Waals surface area contributed by atoms with Gasteiger partial charge in [-0.3, -0.25) is 14.3 Å². The van der Waals surface area contributed by atoms with Gasteiger partial charge in [-0.1, -0.05) is 0 Å². The van der Waals surface area contributed by atoms with Crippen LogP contribution in [0.5, 0.6) is 0 Å². The predicted octanol–water partition coefficient (Wildman–Crippen LogP) is -4.34. The molecule has 4 unspecified atom stereocenters. The molecule has 1 aliphatic rings. The van der Waals surface area contributed by atoms with Gasteiger partial charge in [-0.15, -0.1) is 0 Å². The van der Waals surface area contributed by atoms with Crippen LogP contribution in [0.4, 0.5) is 5.95 Å². The summed E-state index contributed by atoms with van der Waals surface area (Å²) >= 11 is 0. The molecule has 124 valence electrons. The molecule has 22 heavy (non-hydrogen) atoms. The summed E-state index contributed by atoms with van der Waals surface area (Å²) in [5.74, 6) is -0.101. The van der Waals surface area contributed by atoms with E-state index in [1.807, 2.05) is 0 Å². The zero-order chi connectivity index (χ0) is 14.4. The number of aliphatic hydroxyl groups excluding tert-OH is 3. The number of nitrogens with zero attached hydrogens (tertiary/aromatic N) is 3. The Balaban J connectivity index is 0.00000121. The second kappa shape index (κ2) is 6.35. The Morgan fingerprint density at radius 1 is 1.36 bits per heavy atom. The van der Waals surface area contributed by atoms with Gasteiger partial charge in [0.2, 0.25) is 5.95 Å². The van der Waals surface area contributed by atoms with Crippen LogP contribution in [0, 0.1) is 0 Å². The molecule has 10 N–H and O–H groups in total. The minimum Gasteiger partial charge on any atom is -0.412 e. The number of aromatic amines is 1. The normalized spacial score (nSPS) is 27.4. The fraction of sp³-hybridized carbons (Fsp3) is 0.500. The molecule has 4 atom stereocenters. The molecule has 2 aromatic heterocycles. The van der Waals surface area contributed by atoms with Crippen LogP contribution in [0.1, 0.15) is 6.23 Å². The van der Waals surface area contributed by atoms with Gasteiger partial charge in [-0.05, 0) is 0 Å². The molecule has 3 heterocycles. The van der Waals surface area contributed by atoms with Crippen molar-refractivity contribution in [3.63, 3.8) is 0 Å². The number of fused-ring (bicyclic) bond motifs is 1. The third-order valence-electron chi connectivity index (χ3n) is 3.24. The fourth-order valence-corrected chi connectivity index (χ4v) is 2.24. The first kappa shape index (κ1) is 18.0. The minimum absolute atomic E-state index is 0. The number of ether oxygens (including phenoxy) is 1. The molecule has 1 fully saturated rings. The molecule has 12 nitrogen and oxygen atoms in total. The smallest absolute Gasteiger partial charge is 0.280 e. The van der Waals surface area contributed by atoms with E-state index in [2.05, 4.69) is 15.0 Å². The van der Waals surface area contributed by atoms with Crippen molar-refractivity contribution in [1.29, 1.82) is 0 Å². The van der Waals surface area contributed by atoms with E-state index in [9.17, 15) is 15.0 Å². The molecule has 12 heteroatoms. The van der Waals surface area contributed by atoms with E-state index in [1.54, 1.807) is 0 Å². The lowest BCUT2D eigenvalue weighted by Gasteiger charge is -2.16. The Labute approximate surface area is 122 Å². The van der Waals surface area contributed by atoms with Crippen molar-refractivity contribution in [2.45, 2.75) is 24.5 Å². The maximum absolute atomic E-state index is 11.7. The van der Waals surface area contributed by atoms with Crippen molar-refractivity contribution in [2.75, 3.05) is 12.3 Å². The quantitative estimate of drug-likeness (QED) is 0.363. The predicted molar refractivity (Wildman–Crippen MR) is 72.8 cm³/mol. The van der Waals surface area contributed by atoms with E-state index in [0.717, 1.165) is 0 Å². The summed E-state index contributed by atoms with van der Waals surface area (Å²) in [4.78, 5) is 21.8. The van der Waals surface area contributed by atoms with Gasteiger partial charge in [-0.2, -0.15) is 4.98 Å². The molecule has 0 spiro atoms. The van der Waals surface area contributed by atoms with Crippen molar-refractivity contribution in [1.82, 2.24) is 19.5 Å². The number of imidazole rings is 1. The lowest BCUT2D eigenvalue weighted by molar-refractivity contribution is -0.0511. The number of nitrogen functional groups attached to an aromatic ring is 1. The first-order chi connectivity index (χ1) is 9.52. The number of nitrogens with one attached hydrogen (secondary N) is 1. The van der Waals surface area contributed by atoms with E-state index in [-0.39, 0.29) is 28.1 Å². The van der Waals surface area contributed by atoms with E-state index < -0.39 is 36.7 Å². The monoisotopic (exact) mass is 319 g/mol.